The summed E-state index contributed by atoms with van der Waals surface area (Å²) in [5.74, 6) is 2.39. The van der Waals surface area contributed by atoms with Crippen LogP contribution in [0.5, 0.6) is 5.75 Å². The zero-order valence-electron chi connectivity index (χ0n) is 12.5. The third kappa shape index (κ3) is 5.13. The molecule has 0 spiro atoms. The molecule has 0 radical (unpaired) electrons. The lowest BCUT2D eigenvalue weighted by atomic mass is 10.2. The van der Waals surface area contributed by atoms with Crippen LogP contribution in [0.2, 0.25) is 5.02 Å². The van der Waals surface area contributed by atoms with E-state index in [0.717, 1.165) is 5.39 Å². The van der Waals surface area contributed by atoms with Crippen molar-refractivity contribution in [1.82, 2.24) is 4.98 Å². The van der Waals surface area contributed by atoms with Gasteiger partial charge in [-0.3, -0.25) is 4.98 Å². The average Bonchev–Trinajstić information content (AvgIpc) is 2.58. The normalized spacial score (nSPS) is 10.3. The highest BCUT2D eigenvalue weighted by Crippen LogP contribution is 2.29. The number of nitrogens with zero attached hydrogens (tertiary/aromatic N) is 1. The Balaban J connectivity index is 1.81. The van der Waals surface area contributed by atoms with E-state index in [9.17, 15) is 4.79 Å². The molecule has 0 unspecified atom stereocenters. The highest BCUT2D eigenvalue weighted by Gasteiger charge is 2.09. The summed E-state index contributed by atoms with van der Waals surface area (Å²) < 4.78 is 15.6. The van der Waals surface area contributed by atoms with E-state index in [1.807, 2.05) is 6.07 Å². The number of esters is 1. The van der Waals surface area contributed by atoms with Gasteiger partial charge in [0.25, 0.3) is 0 Å². The first-order valence-electron chi connectivity index (χ1n) is 7.05. The molecule has 1 heterocycles. The van der Waals surface area contributed by atoms with Gasteiger partial charge >= 0.3 is 5.97 Å². The van der Waals surface area contributed by atoms with Crippen molar-refractivity contribution in [3.8, 4) is 18.1 Å². The highest BCUT2D eigenvalue weighted by molar-refractivity contribution is 6.35. The quantitative estimate of drug-likeness (QED) is 0.422. The smallest absolute Gasteiger partial charge is 0.344 e. The molecule has 5 nitrogen and oxygen atoms in total. The van der Waals surface area contributed by atoms with E-state index in [2.05, 4.69) is 10.9 Å². The van der Waals surface area contributed by atoms with Gasteiger partial charge in [0.2, 0.25) is 0 Å². The van der Waals surface area contributed by atoms with Crippen LogP contribution in [0, 0.1) is 12.3 Å². The lowest BCUT2D eigenvalue weighted by Crippen LogP contribution is -2.16. The van der Waals surface area contributed by atoms with E-state index >= 15 is 0 Å². The monoisotopic (exact) mass is 333 g/mol. The Bertz CT molecular complexity index is 711. The zero-order valence-corrected chi connectivity index (χ0v) is 13.2. The molecule has 0 bridgehead atoms. The van der Waals surface area contributed by atoms with E-state index in [0.29, 0.717) is 29.3 Å². The molecule has 2 aromatic rings. The summed E-state index contributed by atoms with van der Waals surface area (Å²) in [4.78, 5) is 15.9. The van der Waals surface area contributed by atoms with Crippen LogP contribution in [0.15, 0.2) is 30.5 Å². The van der Waals surface area contributed by atoms with Crippen LogP contribution in [-0.4, -0.2) is 37.4 Å². The third-order valence-corrected chi connectivity index (χ3v) is 3.24. The van der Waals surface area contributed by atoms with Gasteiger partial charge in [0, 0.05) is 18.0 Å². The summed E-state index contributed by atoms with van der Waals surface area (Å²) in [6.45, 7) is 0.767. The van der Waals surface area contributed by atoms with Crippen molar-refractivity contribution in [3.63, 3.8) is 0 Å². The van der Waals surface area contributed by atoms with Crippen LogP contribution in [-0.2, 0) is 14.3 Å². The van der Waals surface area contributed by atoms with E-state index in [1.54, 1.807) is 24.4 Å². The summed E-state index contributed by atoms with van der Waals surface area (Å²) in [6, 6.07) is 7.01. The van der Waals surface area contributed by atoms with Crippen molar-refractivity contribution in [3.05, 3.63) is 35.5 Å². The second-order valence-electron chi connectivity index (χ2n) is 4.56. The lowest BCUT2D eigenvalue weighted by molar-refractivity contribution is -0.146. The van der Waals surface area contributed by atoms with Crippen LogP contribution < -0.4 is 4.74 Å². The second-order valence-corrected chi connectivity index (χ2v) is 4.97. The molecule has 1 aromatic heterocycles. The summed E-state index contributed by atoms with van der Waals surface area (Å²) in [5.41, 5.74) is 0.607. The maximum atomic E-state index is 11.6. The number of rotatable bonds is 8. The fourth-order valence-electron chi connectivity index (χ4n) is 1.88. The van der Waals surface area contributed by atoms with Gasteiger partial charge in [-0.15, -0.1) is 6.42 Å². The Hall–Kier alpha value is -2.29. The third-order valence-electron chi connectivity index (χ3n) is 2.91. The van der Waals surface area contributed by atoms with Gasteiger partial charge in [-0.25, -0.2) is 4.79 Å². The number of halogens is 1. The van der Waals surface area contributed by atoms with Gasteiger partial charge in [0.1, 0.15) is 17.9 Å². The Morgan fingerprint density at radius 2 is 2.17 bits per heavy atom. The first-order chi connectivity index (χ1) is 11.2. The predicted octanol–water partition coefficient (Wildman–Crippen LogP) is 2.85. The first kappa shape index (κ1) is 17.1. The number of hydrogen-bond donors (Lipinski definition) is 0. The number of ether oxygens (including phenoxy) is 3. The summed E-state index contributed by atoms with van der Waals surface area (Å²) in [5, 5.41) is 1.35. The van der Waals surface area contributed by atoms with E-state index in [1.165, 1.54) is 0 Å². The summed E-state index contributed by atoms with van der Waals surface area (Å²) >= 11 is 6.10. The van der Waals surface area contributed by atoms with Crippen molar-refractivity contribution >= 4 is 28.5 Å². The Morgan fingerprint density at radius 1 is 1.30 bits per heavy atom. The number of aromatic nitrogens is 1. The van der Waals surface area contributed by atoms with Crippen molar-refractivity contribution in [2.75, 3.05) is 26.4 Å². The van der Waals surface area contributed by atoms with Crippen LogP contribution in [0.25, 0.3) is 10.9 Å². The number of fused-ring (bicyclic) bond motifs is 1. The number of hydrogen-bond acceptors (Lipinski definition) is 5. The predicted molar refractivity (Wildman–Crippen MR) is 87.5 cm³/mol. The Kier molecular flexibility index (Phi) is 6.67. The highest BCUT2D eigenvalue weighted by atomic mass is 35.5. The number of benzene rings is 1. The molecule has 2 rings (SSSR count). The number of pyridine rings is 1. The minimum Gasteiger partial charge on any atom is -0.480 e. The van der Waals surface area contributed by atoms with Crippen molar-refractivity contribution < 1.29 is 19.0 Å². The molecule has 1 aromatic carbocycles. The van der Waals surface area contributed by atoms with E-state index in [4.69, 9.17) is 32.2 Å². The molecule has 120 valence electrons. The SMILES string of the molecule is C#CCOCCCOC(=O)COc1ccc(Cl)c2cccnc12. The number of carbonyl (C=O) groups excluding carboxylic acids is 1. The number of terminal acetylenes is 1. The minimum absolute atomic E-state index is 0.196. The number of carbonyl (C=O) groups is 1. The Morgan fingerprint density at radius 3 is 3.00 bits per heavy atom. The molecule has 0 saturated heterocycles. The standard InChI is InChI=1S/C17H16ClNO4/c1-2-9-21-10-4-11-22-16(20)12-23-15-7-6-14(18)13-5-3-8-19-17(13)15/h1,3,5-8H,4,9-12H2. The molecule has 0 saturated carbocycles. The minimum atomic E-state index is -0.457. The molecule has 23 heavy (non-hydrogen) atoms. The van der Waals surface area contributed by atoms with Crippen LogP contribution in [0.4, 0.5) is 0 Å². The fourth-order valence-corrected chi connectivity index (χ4v) is 2.10. The van der Waals surface area contributed by atoms with Crippen LogP contribution in [0.1, 0.15) is 6.42 Å². The average molecular weight is 334 g/mol. The van der Waals surface area contributed by atoms with Gasteiger partial charge < -0.3 is 14.2 Å². The molecule has 0 fully saturated rings. The molecule has 0 amide bonds. The van der Waals surface area contributed by atoms with Gasteiger partial charge in [0.05, 0.1) is 18.2 Å². The van der Waals surface area contributed by atoms with Crippen LogP contribution in [0.3, 0.4) is 0 Å². The van der Waals surface area contributed by atoms with E-state index in [-0.39, 0.29) is 19.8 Å². The fraction of sp³-hybridized carbons (Fsp3) is 0.294. The second kappa shape index (κ2) is 8.99. The molecular formula is C17H16ClNO4. The summed E-state index contributed by atoms with van der Waals surface area (Å²) in [6.07, 6.45) is 7.27. The molecule has 0 aliphatic rings. The molecule has 0 aliphatic heterocycles. The lowest BCUT2D eigenvalue weighted by Gasteiger charge is -2.09. The molecule has 0 N–H and O–H groups in total. The Labute approximate surface area is 139 Å². The van der Waals surface area contributed by atoms with Gasteiger partial charge in [0.15, 0.2) is 6.61 Å². The largest absolute Gasteiger partial charge is 0.480 e. The molecule has 0 aliphatic carbocycles. The van der Waals surface area contributed by atoms with Crippen LogP contribution >= 0.6 is 11.6 Å². The maximum Gasteiger partial charge on any atom is 0.344 e. The van der Waals surface area contributed by atoms with Gasteiger partial charge in [-0.2, -0.15) is 0 Å². The molecular weight excluding hydrogens is 318 g/mol. The first-order valence-corrected chi connectivity index (χ1v) is 7.43. The topological polar surface area (TPSA) is 57.7 Å². The van der Waals surface area contributed by atoms with Crippen molar-refractivity contribution in [1.29, 1.82) is 0 Å². The maximum absolute atomic E-state index is 11.6. The van der Waals surface area contributed by atoms with Crippen molar-refractivity contribution in [2.45, 2.75) is 6.42 Å². The summed E-state index contributed by atoms with van der Waals surface area (Å²) in [7, 11) is 0. The van der Waals surface area contributed by atoms with Gasteiger partial charge in [-0.1, -0.05) is 17.5 Å². The van der Waals surface area contributed by atoms with Crippen molar-refractivity contribution in [2.24, 2.45) is 0 Å². The van der Waals surface area contributed by atoms with Gasteiger partial charge in [-0.05, 0) is 24.3 Å². The molecule has 0 atom stereocenters. The molecule has 6 heteroatoms. The van der Waals surface area contributed by atoms with E-state index < -0.39 is 5.97 Å². The zero-order chi connectivity index (χ0) is 16.5.